The number of likely N-dealkylation sites (N-methyl/N-ethyl adjacent to an activating group) is 1. The molecule has 0 aromatic heterocycles. The number of carbonyl (C=O) groups excluding carboxylic acids is 2. The maximum atomic E-state index is 12.4. The van der Waals surface area contributed by atoms with Crippen molar-refractivity contribution < 1.29 is 23.9 Å². The van der Waals surface area contributed by atoms with Crippen LogP contribution in [0.4, 0.5) is 4.79 Å². The van der Waals surface area contributed by atoms with Crippen LogP contribution in [0.5, 0.6) is 5.75 Å². The molecule has 1 unspecified atom stereocenters. The van der Waals surface area contributed by atoms with Crippen LogP contribution < -0.4 is 10.1 Å². The molecule has 1 N–H and O–H groups in total. The number of amides is 2. The Balaban J connectivity index is 2.87. The van der Waals surface area contributed by atoms with Gasteiger partial charge < -0.3 is 14.8 Å². The fraction of sp³-hybridized carbons (Fsp3) is 0.529. The van der Waals surface area contributed by atoms with Crippen LogP contribution in [0.1, 0.15) is 26.3 Å². The zero-order valence-corrected chi connectivity index (χ0v) is 15.1. The van der Waals surface area contributed by atoms with E-state index in [-0.39, 0.29) is 5.91 Å². The molecule has 1 aromatic carbocycles. The molecule has 24 heavy (non-hydrogen) atoms. The first-order valence-corrected chi connectivity index (χ1v) is 7.60. The summed E-state index contributed by atoms with van der Waals surface area (Å²) in [6.45, 7) is 5.27. The molecule has 2 amide bonds. The van der Waals surface area contributed by atoms with E-state index in [2.05, 4.69) is 5.32 Å². The Morgan fingerprint density at radius 1 is 1.17 bits per heavy atom. The van der Waals surface area contributed by atoms with Gasteiger partial charge in [-0.25, -0.2) is 9.86 Å². The van der Waals surface area contributed by atoms with Gasteiger partial charge in [-0.1, -0.05) is 12.1 Å². The van der Waals surface area contributed by atoms with Crippen molar-refractivity contribution in [2.75, 3.05) is 21.3 Å². The van der Waals surface area contributed by atoms with Gasteiger partial charge in [0.25, 0.3) is 5.91 Å². The summed E-state index contributed by atoms with van der Waals surface area (Å²) >= 11 is 0. The molecular formula is C17H26N2O5. The van der Waals surface area contributed by atoms with E-state index in [0.717, 1.165) is 16.4 Å². The van der Waals surface area contributed by atoms with Crippen LogP contribution in [0.15, 0.2) is 24.3 Å². The number of rotatable bonds is 6. The number of nitrogens with zero attached hydrogens (tertiary/aromatic N) is 1. The topological polar surface area (TPSA) is 77.1 Å². The summed E-state index contributed by atoms with van der Waals surface area (Å²) in [4.78, 5) is 29.3. The maximum absolute atomic E-state index is 12.4. The summed E-state index contributed by atoms with van der Waals surface area (Å²) in [7, 11) is 4.45. The molecule has 0 aliphatic heterocycles. The highest BCUT2D eigenvalue weighted by atomic mass is 16.7. The van der Waals surface area contributed by atoms with Crippen LogP contribution >= 0.6 is 0 Å². The lowest BCUT2D eigenvalue weighted by atomic mass is 10.1. The Morgan fingerprint density at radius 2 is 1.75 bits per heavy atom. The highest BCUT2D eigenvalue weighted by Gasteiger charge is 2.27. The van der Waals surface area contributed by atoms with E-state index in [1.165, 1.54) is 14.2 Å². The van der Waals surface area contributed by atoms with Crippen molar-refractivity contribution in [1.82, 2.24) is 10.4 Å². The maximum Gasteiger partial charge on any atom is 0.408 e. The number of methoxy groups -OCH3 is 1. The summed E-state index contributed by atoms with van der Waals surface area (Å²) in [5, 5.41) is 3.68. The highest BCUT2D eigenvalue weighted by molar-refractivity contribution is 5.85. The van der Waals surface area contributed by atoms with Crippen LogP contribution in [-0.4, -0.2) is 50.0 Å². The second-order valence-corrected chi connectivity index (χ2v) is 6.27. The normalized spacial score (nSPS) is 12.2. The predicted octanol–water partition coefficient (Wildman–Crippen LogP) is 2.15. The van der Waals surface area contributed by atoms with Crippen LogP contribution in [-0.2, 0) is 20.8 Å². The lowest BCUT2D eigenvalue weighted by Gasteiger charge is -2.25. The number of nitrogens with one attached hydrogen (secondary N) is 1. The van der Waals surface area contributed by atoms with Crippen molar-refractivity contribution in [2.45, 2.75) is 38.8 Å². The second-order valence-electron chi connectivity index (χ2n) is 6.27. The van der Waals surface area contributed by atoms with Crippen molar-refractivity contribution in [3.05, 3.63) is 29.8 Å². The molecule has 1 atom stereocenters. The SMILES string of the molecule is COc1ccc(CC(NC(=O)OC(C)(C)C)C(=O)N(C)OC)cc1. The number of benzene rings is 1. The van der Waals surface area contributed by atoms with E-state index >= 15 is 0 Å². The minimum absolute atomic E-state index is 0.301. The second kappa shape index (κ2) is 8.54. The van der Waals surface area contributed by atoms with Crippen LogP contribution in [0.2, 0.25) is 0 Å². The molecule has 0 saturated carbocycles. The van der Waals surface area contributed by atoms with Gasteiger partial charge in [-0.3, -0.25) is 9.63 Å². The Labute approximate surface area is 142 Å². The number of alkyl carbamates (subject to hydrolysis) is 1. The largest absolute Gasteiger partial charge is 0.497 e. The number of hydrogen-bond donors (Lipinski definition) is 1. The molecule has 0 spiro atoms. The van der Waals surface area contributed by atoms with E-state index in [9.17, 15) is 9.59 Å². The molecule has 0 bridgehead atoms. The molecule has 0 saturated heterocycles. The zero-order valence-electron chi connectivity index (χ0n) is 15.1. The van der Waals surface area contributed by atoms with E-state index in [1.807, 2.05) is 12.1 Å². The van der Waals surface area contributed by atoms with Crippen molar-refractivity contribution in [3.63, 3.8) is 0 Å². The van der Waals surface area contributed by atoms with E-state index in [0.29, 0.717) is 6.42 Å². The molecule has 7 nitrogen and oxygen atoms in total. The van der Waals surface area contributed by atoms with E-state index < -0.39 is 17.7 Å². The van der Waals surface area contributed by atoms with Gasteiger partial charge in [0.1, 0.15) is 17.4 Å². The average molecular weight is 338 g/mol. The molecule has 0 heterocycles. The van der Waals surface area contributed by atoms with Gasteiger partial charge >= 0.3 is 6.09 Å². The van der Waals surface area contributed by atoms with Gasteiger partial charge in [0.05, 0.1) is 14.2 Å². The van der Waals surface area contributed by atoms with Gasteiger partial charge in [-0.2, -0.15) is 0 Å². The lowest BCUT2D eigenvalue weighted by molar-refractivity contribution is -0.171. The molecular weight excluding hydrogens is 312 g/mol. The lowest BCUT2D eigenvalue weighted by Crippen LogP contribution is -2.49. The van der Waals surface area contributed by atoms with Crippen molar-refractivity contribution in [1.29, 1.82) is 0 Å². The quantitative estimate of drug-likeness (QED) is 0.804. The molecule has 134 valence electrons. The van der Waals surface area contributed by atoms with Gasteiger partial charge in [-0.05, 0) is 38.5 Å². The van der Waals surface area contributed by atoms with Gasteiger partial charge in [0.15, 0.2) is 0 Å². The molecule has 1 rings (SSSR count). The molecule has 0 aliphatic carbocycles. The summed E-state index contributed by atoms with van der Waals surface area (Å²) < 4.78 is 10.3. The van der Waals surface area contributed by atoms with Gasteiger partial charge in [-0.15, -0.1) is 0 Å². The number of hydrogen-bond acceptors (Lipinski definition) is 5. The third-order valence-electron chi connectivity index (χ3n) is 3.17. The van der Waals surface area contributed by atoms with Crippen molar-refractivity contribution in [2.24, 2.45) is 0 Å². The smallest absolute Gasteiger partial charge is 0.408 e. The highest BCUT2D eigenvalue weighted by Crippen LogP contribution is 2.14. The van der Waals surface area contributed by atoms with Crippen molar-refractivity contribution >= 4 is 12.0 Å². The van der Waals surface area contributed by atoms with Crippen molar-refractivity contribution in [3.8, 4) is 5.75 Å². The first-order valence-electron chi connectivity index (χ1n) is 7.60. The van der Waals surface area contributed by atoms with Crippen LogP contribution in [0, 0.1) is 0 Å². The first-order chi connectivity index (χ1) is 11.2. The van der Waals surface area contributed by atoms with E-state index in [1.54, 1.807) is 40.0 Å². The molecule has 1 aromatic rings. The zero-order chi connectivity index (χ0) is 18.3. The fourth-order valence-electron chi connectivity index (χ4n) is 1.96. The minimum atomic E-state index is -0.807. The van der Waals surface area contributed by atoms with Gasteiger partial charge in [0.2, 0.25) is 0 Å². The Hall–Kier alpha value is -2.28. The third kappa shape index (κ3) is 6.45. The third-order valence-corrected chi connectivity index (χ3v) is 3.17. The fourth-order valence-corrected chi connectivity index (χ4v) is 1.96. The predicted molar refractivity (Wildman–Crippen MR) is 89.6 cm³/mol. The Bertz CT molecular complexity index is 551. The Morgan fingerprint density at radius 3 is 2.21 bits per heavy atom. The Kier molecular flexibility index (Phi) is 7.03. The summed E-state index contributed by atoms with van der Waals surface area (Å²) in [6.07, 6.45) is -0.352. The number of carbonyl (C=O) groups is 2. The summed E-state index contributed by atoms with van der Waals surface area (Å²) in [5.41, 5.74) is 0.222. The number of hydroxylamine groups is 2. The first kappa shape index (κ1) is 19.8. The van der Waals surface area contributed by atoms with Crippen LogP contribution in [0.25, 0.3) is 0 Å². The standard InChI is InChI=1S/C17H26N2O5/c1-17(2,3)24-16(21)18-14(15(20)19(4)23-6)11-12-7-9-13(22-5)10-8-12/h7-10,14H,11H2,1-6H3,(H,18,21). The van der Waals surface area contributed by atoms with Crippen LogP contribution in [0.3, 0.4) is 0 Å². The van der Waals surface area contributed by atoms with Gasteiger partial charge in [0, 0.05) is 13.5 Å². The molecule has 7 heteroatoms. The average Bonchev–Trinajstić information content (AvgIpc) is 2.51. The molecule has 0 radical (unpaired) electrons. The molecule has 0 fully saturated rings. The van der Waals surface area contributed by atoms with E-state index in [4.69, 9.17) is 14.3 Å². The molecule has 0 aliphatic rings. The summed E-state index contributed by atoms with van der Waals surface area (Å²) in [5.74, 6) is 0.343. The minimum Gasteiger partial charge on any atom is -0.497 e. The number of ether oxygens (including phenoxy) is 2. The monoisotopic (exact) mass is 338 g/mol. The summed E-state index contributed by atoms with van der Waals surface area (Å²) in [6, 6.07) is 6.46.